The van der Waals surface area contributed by atoms with Crippen molar-refractivity contribution < 1.29 is 54.9 Å². The Morgan fingerprint density at radius 2 is 1.00 bits per heavy atom. The maximum absolute atomic E-state index is 0. The summed E-state index contributed by atoms with van der Waals surface area (Å²) in [4.78, 5) is 0. The van der Waals surface area contributed by atoms with Gasteiger partial charge in [-0.1, -0.05) is 0 Å². The van der Waals surface area contributed by atoms with Crippen molar-refractivity contribution in [2.24, 2.45) is 0 Å². The Morgan fingerprint density at radius 3 is 1.00 bits per heavy atom. The fourth-order valence-corrected chi connectivity index (χ4v) is 0. The quantitative estimate of drug-likeness (QED) is 0.443. The second kappa shape index (κ2) is 37.6. The Balaban J connectivity index is 0. The van der Waals surface area contributed by atoms with E-state index in [0.717, 1.165) is 0 Å². The van der Waals surface area contributed by atoms with Crippen LogP contribution in [0.2, 0.25) is 0 Å². The van der Waals surface area contributed by atoms with Crippen LogP contribution in [0.5, 0.6) is 0 Å². The summed E-state index contributed by atoms with van der Waals surface area (Å²) in [5.41, 5.74) is 0. The maximum Gasteiger partial charge on any atom is 0 e. The molecule has 0 saturated carbocycles. The SMILES string of the molecule is [B].[Cr].[Mo].[Ni].[SiH4]. The van der Waals surface area contributed by atoms with Gasteiger partial charge in [-0.3, -0.25) is 0 Å². The zero-order valence-corrected chi connectivity index (χ0v) is 5.98. The van der Waals surface area contributed by atoms with Gasteiger partial charge >= 0.3 is 0 Å². The summed E-state index contributed by atoms with van der Waals surface area (Å²) in [6.45, 7) is 0. The number of rotatable bonds is 0. The standard InChI is InChI=1S/B.Cr.Mo.Ni.H4Si/h;;;;1H4. The molecule has 5 heteroatoms. The summed E-state index contributed by atoms with van der Waals surface area (Å²) in [7, 11) is 0. The molecular weight excluding hydrogens is 246 g/mol. The van der Waals surface area contributed by atoms with Crippen LogP contribution in [0.3, 0.4) is 0 Å². The Morgan fingerprint density at radius 1 is 1.00 bits per heavy atom. The van der Waals surface area contributed by atoms with E-state index in [9.17, 15) is 0 Å². The van der Waals surface area contributed by atoms with E-state index >= 15 is 0 Å². The molecule has 0 rings (SSSR count). The summed E-state index contributed by atoms with van der Waals surface area (Å²) in [6.07, 6.45) is 0. The molecule has 0 N–H and O–H groups in total. The van der Waals surface area contributed by atoms with Gasteiger partial charge < -0.3 is 0 Å². The molecule has 0 saturated heterocycles. The first kappa shape index (κ1) is 63.1. The molecule has 0 aromatic rings. The minimum atomic E-state index is 0. The first-order valence-corrected chi connectivity index (χ1v) is 0. The molecule has 0 unspecified atom stereocenters. The third-order valence-electron chi connectivity index (χ3n) is 0. The van der Waals surface area contributed by atoms with E-state index in [1.54, 1.807) is 0 Å². The van der Waals surface area contributed by atoms with Gasteiger partial charge in [0.05, 0.1) is 0 Å². The van der Waals surface area contributed by atoms with E-state index in [0.29, 0.717) is 0 Å². The summed E-state index contributed by atoms with van der Waals surface area (Å²) in [6, 6.07) is 0. The van der Waals surface area contributed by atoms with Crippen LogP contribution in [0.25, 0.3) is 0 Å². The number of hydrogen-bond donors (Lipinski definition) is 0. The summed E-state index contributed by atoms with van der Waals surface area (Å²) >= 11 is 0. The van der Waals surface area contributed by atoms with Gasteiger partial charge in [-0.15, -0.1) is 0 Å². The van der Waals surface area contributed by atoms with Crippen molar-refractivity contribution in [3.63, 3.8) is 0 Å². The van der Waals surface area contributed by atoms with Crippen LogP contribution in [0.4, 0.5) is 0 Å². The molecule has 0 nitrogen and oxygen atoms in total. The minimum absolute atomic E-state index is 0. The Labute approximate surface area is 73.8 Å². The molecule has 0 spiro atoms. The molecule has 0 aliphatic rings. The van der Waals surface area contributed by atoms with Crippen molar-refractivity contribution >= 4 is 19.4 Å². The first-order chi connectivity index (χ1) is 0. The van der Waals surface area contributed by atoms with E-state index in [-0.39, 0.29) is 74.3 Å². The van der Waals surface area contributed by atoms with E-state index in [1.165, 1.54) is 0 Å². The molecule has 33 valence electrons. The molecule has 3 radical (unpaired) electrons. The van der Waals surface area contributed by atoms with Crippen molar-refractivity contribution in [3.05, 3.63) is 0 Å². The fraction of sp³-hybridized carbons (Fsp3) is 0. The Bertz CT molecular complexity index is 11.6. The molecule has 0 aliphatic carbocycles. The Hall–Kier alpha value is 2.00. The van der Waals surface area contributed by atoms with E-state index in [4.69, 9.17) is 0 Å². The average Bonchev–Trinajstić information content (AvgIpc) is 0. The molecule has 0 aliphatic heterocycles. The second-order valence-corrected chi connectivity index (χ2v) is 0. The van der Waals surface area contributed by atoms with Crippen molar-refractivity contribution in [2.75, 3.05) is 0 Å². The molecule has 0 atom stereocenters. The normalized spacial score (nSPS) is 0. The third kappa shape index (κ3) is 24.0. The van der Waals surface area contributed by atoms with Gasteiger partial charge in [0.2, 0.25) is 0 Å². The predicted octanol–water partition coefficient (Wildman–Crippen LogP) is -1.84. The largest absolute Gasteiger partial charge is 0.0149 e. The zero-order valence-electron chi connectivity index (χ0n) is 1.71. The van der Waals surface area contributed by atoms with E-state index < -0.39 is 0 Å². The summed E-state index contributed by atoms with van der Waals surface area (Å²) in [5.74, 6) is 0. The smallest absolute Gasteiger partial charge is 0 e. The molecule has 0 fully saturated rings. The van der Waals surface area contributed by atoms with Crippen molar-refractivity contribution in [1.82, 2.24) is 0 Å². The van der Waals surface area contributed by atoms with Crippen molar-refractivity contribution in [2.45, 2.75) is 0 Å². The van der Waals surface area contributed by atoms with Crippen LogP contribution in [0, 0.1) is 0 Å². The van der Waals surface area contributed by atoms with Crippen molar-refractivity contribution in [3.8, 4) is 0 Å². The predicted molar refractivity (Wildman–Crippen MR) is 17.1 cm³/mol. The van der Waals surface area contributed by atoms with Gasteiger partial charge in [-0.25, -0.2) is 0 Å². The molecule has 0 bridgehead atoms. The molecule has 0 amide bonds. The van der Waals surface area contributed by atoms with E-state index in [2.05, 4.69) is 0 Å². The summed E-state index contributed by atoms with van der Waals surface area (Å²) < 4.78 is 0. The fourth-order valence-electron chi connectivity index (χ4n) is 0. The first-order valence-electron chi connectivity index (χ1n) is 0. The maximum atomic E-state index is 0. The molecule has 0 aromatic carbocycles. The van der Waals surface area contributed by atoms with Gasteiger partial charge in [-0.05, 0) is 11.0 Å². The second-order valence-electron chi connectivity index (χ2n) is 0. The minimum Gasteiger partial charge on any atom is -0.0149 e. The topological polar surface area (TPSA) is 0 Å². The number of hydrogen-bond acceptors (Lipinski definition) is 0. The van der Waals surface area contributed by atoms with Gasteiger partial charge in [0.15, 0.2) is 0 Å². The van der Waals surface area contributed by atoms with Crippen LogP contribution < -0.4 is 0 Å². The van der Waals surface area contributed by atoms with Crippen LogP contribution >= 0.6 is 0 Å². The van der Waals surface area contributed by atoms with Crippen LogP contribution in [0.1, 0.15) is 0 Å². The zero-order chi connectivity index (χ0) is 0. The van der Waals surface area contributed by atoms with Gasteiger partial charge in [0.25, 0.3) is 0 Å². The molecule has 0 heterocycles. The van der Waals surface area contributed by atoms with Crippen LogP contribution in [-0.2, 0) is 54.9 Å². The van der Waals surface area contributed by atoms with Crippen LogP contribution in [-0.4, -0.2) is 19.4 Å². The molecular formula is H4BCrMoNiSi. The molecule has 0 aromatic heterocycles. The Kier molecular flexibility index (Phi) is 474. The van der Waals surface area contributed by atoms with Crippen LogP contribution in [0.15, 0.2) is 0 Å². The monoisotopic (exact) mass is 251 g/mol. The molecule has 5 heavy (non-hydrogen) atoms. The average molecular weight is 250 g/mol. The van der Waals surface area contributed by atoms with E-state index in [1.807, 2.05) is 0 Å². The van der Waals surface area contributed by atoms with Gasteiger partial charge in [0.1, 0.15) is 0 Å². The van der Waals surface area contributed by atoms with Gasteiger partial charge in [-0.2, -0.15) is 0 Å². The summed E-state index contributed by atoms with van der Waals surface area (Å²) in [5, 5.41) is 0. The van der Waals surface area contributed by atoms with Crippen molar-refractivity contribution in [1.29, 1.82) is 0 Å². The third-order valence-corrected chi connectivity index (χ3v) is 0. The van der Waals surface area contributed by atoms with Gasteiger partial charge in [0, 0.05) is 63.3 Å².